The van der Waals surface area contributed by atoms with Crippen molar-refractivity contribution in [1.82, 2.24) is 0 Å². The number of ether oxygens (including phenoxy) is 2. The molecule has 1 aromatic carbocycles. The van der Waals surface area contributed by atoms with Crippen molar-refractivity contribution in [1.29, 1.82) is 0 Å². The molecule has 0 amide bonds. The molecule has 0 N–H and O–H groups in total. The molecule has 0 radical (unpaired) electrons. The van der Waals surface area contributed by atoms with Crippen molar-refractivity contribution < 1.29 is 9.47 Å². The molecule has 0 unspecified atom stereocenters. The standard InChI is InChI=1S/C13H18O2/c1-3-15-13(11-14-2)10-9-12-7-5-4-6-8-12/h4-8,11H,3,9-10H2,1-2H3/b13-11-. The Labute approximate surface area is 91.5 Å². The SMILES string of the molecule is CCO/C(=C\OC)CCc1ccccc1. The maximum Gasteiger partial charge on any atom is 0.131 e. The average Bonchev–Trinajstić information content (AvgIpc) is 2.28. The molecule has 0 bridgehead atoms. The second-order valence-electron chi connectivity index (χ2n) is 3.24. The molecule has 0 heterocycles. The van der Waals surface area contributed by atoms with Crippen molar-refractivity contribution in [3.05, 3.63) is 47.9 Å². The summed E-state index contributed by atoms with van der Waals surface area (Å²) < 4.78 is 10.4. The third-order valence-corrected chi connectivity index (χ3v) is 2.08. The Morgan fingerprint density at radius 3 is 2.60 bits per heavy atom. The van der Waals surface area contributed by atoms with E-state index < -0.39 is 0 Å². The number of hydrogen-bond acceptors (Lipinski definition) is 2. The zero-order valence-electron chi connectivity index (χ0n) is 9.40. The van der Waals surface area contributed by atoms with Crippen LogP contribution in [0.4, 0.5) is 0 Å². The number of hydrogen-bond donors (Lipinski definition) is 0. The Bertz CT molecular complexity index is 291. The van der Waals surface area contributed by atoms with Crippen LogP contribution in [0.5, 0.6) is 0 Å². The minimum atomic E-state index is 0.685. The van der Waals surface area contributed by atoms with Crippen molar-refractivity contribution in [2.75, 3.05) is 13.7 Å². The summed E-state index contributed by atoms with van der Waals surface area (Å²) in [7, 11) is 1.64. The molecule has 0 aliphatic carbocycles. The molecule has 2 nitrogen and oxygen atoms in total. The maximum atomic E-state index is 5.44. The molecule has 0 saturated heterocycles. The molecule has 0 aliphatic rings. The summed E-state index contributed by atoms with van der Waals surface area (Å²) in [6.45, 7) is 2.66. The molecule has 2 heteroatoms. The van der Waals surface area contributed by atoms with E-state index in [-0.39, 0.29) is 0 Å². The highest BCUT2D eigenvalue weighted by Gasteiger charge is 1.99. The Balaban J connectivity index is 2.43. The van der Waals surface area contributed by atoms with Gasteiger partial charge in [-0.15, -0.1) is 0 Å². The Morgan fingerprint density at radius 2 is 2.00 bits per heavy atom. The first-order chi connectivity index (χ1) is 7.36. The van der Waals surface area contributed by atoms with Gasteiger partial charge in [0.05, 0.1) is 13.7 Å². The van der Waals surface area contributed by atoms with Gasteiger partial charge in [0, 0.05) is 6.42 Å². The van der Waals surface area contributed by atoms with E-state index in [0.29, 0.717) is 6.61 Å². The van der Waals surface area contributed by atoms with Gasteiger partial charge in [-0.2, -0.15) is 0 Å². The van der Waals surface area contributed by atoms with E-state index in [2.05, 4.69) is 24.3 Å². The predicted octanol–water partition coefficient (Wildman–Crippen LogP) is 3.14. The summed E-state index contributed by atoms with van der Waals surface area (Å²) in [5.74, 6) is 0.906. The van der Waals surface area contributed by atoms with Crippen molar-refractivity contribution in [3.8, 4) is 0 Å². The van der Waals surface area contributed by atoms with Crippen molar-refractivity contribution in [3.63, 3.8) is 0 Å². The van der Waals surface area contributed by atoms with Crippen LogP contribution in [-0.4, -0.2) is 13.7 Å². The number of benzene rings is 1. The van der Waals surface area contributed by atoms with Crippen LogP contribution in [0.1, 0.15) is 18.9 Å². The van der Waals surface area contributed by atoms with Gasteiger partial charge in [-0.05, 0) is 18.9 Å². The molecular formula is C13H18O2. The topological polar surface area (TPSA) is 18.5 Å². The molecule has 0 aliphatic heterocycles. The molecule has 82 valence electrons. The zero-order valence-corrected chi connectivity index (χ0v) is 9.40. The molecule has 0 spiro atoms. The lowest BCUT2D eigenvalue weighted by Crippen LogP contribution is -1.95. The minimum absolute atomic E-state index is 0.685. The summed E-state index contributed by atoms with van der Waals surface area (Å²) in [6, 6.07) is 10.4. The van der Waals surface area contributed by atoms with Crippen molar-refractivity contribution in [2.45, 2.75) is 19.8 Å². The van der Waals surface area contributed by atoms with Gasteiger partial charge < -0.3 is 9.47 Å². The monoisotopic (exact) mass is 206 g/mol. The molecule has 15 heavy (non-hydrogen) atoms. The van der Waals surface area contributed by atoms with E-state index >= 15 is 0 Å². The minimum Gasteiger partial charge on any atom is -0.501 e. The summed E-state index contributed by atoms with van der Waals surface area (Å²) >= 11 is 0. The van der Waals surface area contributed by atoms with Crippen molar-refractivity contribution >= 4 is 0 Å². The van der Waals surface area contributed by atoms with Gasteiger partial charge in [0.2, 0.25) is 0 Å². The van der Waals surface area contributed by atoms with E-state index in [4.69, 9.17) is 9.47 Å². The highest BCUT2D eigenvalue weighted by atomic mass is 16.5. The van der Waals surface area contributed by atoms with Gasteiger partial charge in [-0.25, -0.2) is 0 Å². The fourth-order valence-electron chi connectivity index (χ4n) is 1.39. The highest BCUT2D eigenvalue weighted by Crippen LogP contribution is 2.10. The van der Waals surface area contributed by atoms with Gasteiger partial charge >= 0.3 is 0 Å². The fourth-order valence-corrected chi connectivity index (χ4v) is 1.39. The molecule has 0 aromatic heterocycles. The second kappa shape index (κ2) is 6.93. The normalized spacial score (nSPS) is 11.2. The van der Waals surface area contributed by atoms with Crippen LogP contribution in [0.3, 0.4) is 0 Å². The van der Waals surface area contributed by atoms with E-state index in [1.807, 2.05) is 13.0 Å². The number of rotatable bonds is 6. The van der Waals surface area contributed by atoms with Gasteiger partial charge in [-0.3, -0.25) is 0 Å². The van der Waals surface area contributed by atoms with Crippen molar-refractivity contribution in [2.24, 2.45) is 0 Å². The second-order valence-corrected chi connectivity index (χ2v) is 3.24. The largest absolute Gasteiger partial charge is 0.501 e. The van der Waals surface area contributed by atoms with E-state index in [0.717, 1.165) is 18.6 Å². The third kappa shape index (κ3) is 4.54. The quantitative estimate of drug-likeness (QED) is 0.666. The number of aryl methyl sites for hydroxylation is 1. The number of allylic oxidation sites excluding steroid dienone is 1. The first-order valence-electron chi connectivity index (χ1n) is 5.25. The van der Waals surface area contributed by atoms with Crippen LogP contribution in [0, 0.1) is 0 Å². The number of methoxy groups -OCH3 is 1. The molecule has 0 saturated carbocycles. The van der Waals surface area contributed by atoms with Gasteiger partial charge in [0.15, 0.2) is 0 Å². The van der Waals surface area contributed by atoms with E-state index in [9.17, 15) is 0 Å². The summed E-state index contributed by atoms with van der Waals surface area (Å²) in [6.07, 6.45) is 3.54. The van der Waals surface area contributed by atoms with Gasteiger partial charge in [0.25, 0.3) is 0 Å². The summed E-state index contributed by atoms with van der Waals surface area (Å²) in [5, 5.41) is 0. The molecule has 1 rings (SSSR count). The first-order valence-corrected chi connectivity index (χ1v) is 5.25. The van der Waals surface area contributed by atoms with Gasteiger partial charge in [0.1, 0.15) is 12.0 Å². The van der Waals surface area contributed by atoms with Crippen LogP contribution in [0.25, 0.3) is 0 Å². The van der Waals surface area contributed by atoms with Crippen LogP contribution < -0.4 is 0 Å². The van der Waals surface area contributed by atoms with Crippen LogP contribution >= 0.6 is 0 Å². The Kier molecular flexibility index (Phi) is 5.38. The lowest BCUT2D eigenvalue weighted by Gasteiger charge is -2.07. The van der Waals surface area contributed by atoms with Crippen LogP contribution in [0.15, 0.2) is 42.4 Å². The van der Waals surface area contributed by atoms with E-state index in [1.165, 1.54) is 5.56 Å². The highest BCUT2D eigenvalue weighted by molar-refractivity contribution is 5.15. The summed E-state index contributed by atoms with van der Waals surface area (Å²) in [5.41, 5.74) is 1.32. The first kappa shape index (κ1) is 11.6. The predicted molar refractivity (Wildman–Crippen MR) is 61.5 cm³/mol. The molecule has 0 atom stereocenters. The Hall–Kier alpha value is -1.44. The maximum absolute atomic E-state index is 5.44. The van der Waals surface area contributed by atoms with E-state index in [1.54, 1.807) is 13.4 Å². The van der Waals surface area contributed by atoms with Gasteiger partial charge in [-0.1, -0.05) is 30.3 Å². The molecule has 1 aromatic rings. The third-order valence-electron chi connectivity index (χ3n) is 2.08. The lowest BCUT2D eigenvalue weighted by molar-refractivity contribution is 0.195. The van der Waals surface area contributed by atoms with Crippen LogP contribution in [0.2, 0.25) is 0 Å². The fraction of sp³-hybridized carbons (Fsp3) is 0.385. The van der Waals surface area contributed by atoms with Crippen LogP contribution in [-0.2, 0) is 15.9 Å². The molecule has 0 fully saturated rings. The average molecular weight is 206 g/mol. The molecular weight excluding hydrogens is 188 g/mol. The smallest absolute Gasteiger partial charge is 0.131 e. The summed E-state index contributed by atoms with van der Waals surface area (Å²) in [4.78, 5) is 0. The lowest BCUT2D eigenvalue weighted by atomic mass is 10.1. The Morgan fingerprint density at radius 1 is 1.27 bits per heavy atom. The zero-order chi connectivity index (χ0) is 10.9.